The molecule has 0 aliphatic rings. The van der Waals surface area contributed by atoms with Crippen LogP contribution in [-0.2, 0) is 11.3 Å². The molecule has 0 bridgehead atoms. The van der Waals surface area contributed by atoms with Crippen LogP contribution in [0.15, 0.2) is 28.7 Å². The number of hydrogen-bond donors (Lipinski definition) is 2. The van der Waals surface area contributed by atoms with Crippen LogP contribution in [0.3, 0.4) is 0 Å². The van der Waals surface area contributed by atoms with Crippen LogP contribution in [-0.4, -0.2) is 45.5 Å². The fraction of sp³-hybridized carbons (Fsp3) is 0.455. The molecule has 0 aliphatic heterocycles. The van der Waals surface area contributed by atoms with Gasteiger partial charge in [-0.05, 0) is 18.6 Å². The average Bonchev–Trinajstić information content (AvgIpc) is 3.40. The fourth-order valence-corrected chi connectivity index (χ4v) is 5.25. The summed E-state index contributed by atoms with van der Waals surface area (Å²) in [7, 11) is 4.26. The predicted octanol–water partition coefficient (Wildman–Crippen LogP) is 4.83. The van der Waals surface area contributed by atoms with Crippen molar-refractivity contribution in [2.45, 2.75) is 50.9 Å². The maximum Gasteiger partial charge on any atom is 0.236 e. The Bertz CT molecular complexity index is 1080. The third-order valence-electron chi connectivity index (χ3n) is 5.20. The molecule has 1 amide bonds. The lowest BCUT2D eigenvalue weighted by Gasteiger charge is -2.20. The summed E-state index contributed by atoms with van der Waals surface area (Å²) in [6.07, 6.45) is 3.10. The summed E-state index contributed by atoms with van der Waals surface area (Å²) in [4.78, 5) is 18.4. The van der Waals surface area contributed by atoms with Crippen LogP contribution >= 0.6 is 46.3 Å². The van der Waals surface area contributed by atoms with Gasteiger partial charge in [0, 0.05) is 23.9 Å². The smallest absolute Gasteiger partial charge is 0.236 e. The van der Waals surface area contributed by atoms with Crippen molar-refractivity contribution < 1.29 is 9.69 Å². The number of quaternary nitrogens is 1. The van der Waals surface area contributed by atoms with Crippen molar-refractivity contribution in [2.24, 2.45) is 0 Å². The van der Waals surface area contributed by atoms with E-state index in [1.54, 1.807) is 12.1 Å². The Morgan fingerprint density at radius 2 is 2.03 bits per heavy atom. The van der Waals surface area contributed by atoms with Crippen molar-refractivity contribution in [1.29, 1.82) is 0 Å². The maximum absolute atomic E-state index is 12.6. The van der Waals surface area contributed by atoms with Gasteiger partial charge in [-0.15, -0.1) is 21.5 Å². The zero-order valence-corrected chi connectivity index (χ0v) is 22.3. The second kappa shape index (κ2) is 12.2. The van der Waals surface area contributed by atoms with Gasteiger partial charge >= 0.3 is 0 Å². The molecule has 0 unspecified atom stereocenters. The number of thiazole rings is 1. The van der Waals surface area contributed by atoms with E-state index in [2.05, 4.69) is 53.0 Å². The molecule has 11 heteroatoms. The number of unbranched alkanes of at least 4 members (excludes halogenated alkanes) is 1. The van der Waals surface area contributed by atoms with Crippen LogP contribution in [0, 0.1) is 0 Å². The van der Waals surface area contributed by atoms with Gasteiger partial charge in [-0.1, -0.05) is 61.3 Å². The highest BCUT2D eigenvalue weighted by molar-refractivity contribution is 7.99. The molecule has 0 aliphatic carbocycles. The van der Waals surface area contributed by atoms with Crippen LogP contribution in [0.4, 0.5) is 5.13 Å². The second-order valence-corrected chi connectivity index (χ2v) is 10.5. The van der Waals surface area contributed by atoms with Crippen molar-refractivity contribution in [3.8, 4) is 11.3 Å². The summed E-state index contributed by atoms with van der Waals surface area (Å²) in [6, 6.07) is 5.62. The van der Waals surface area contributed by atoms with E-state index >= 15 is 0 Å². The summed E-state index contributed by atoms with van der Waals surface area (Å²) in [6.45, 7) is 5.18. The van der Waals surface area contributed by atoms with Crippen LogP contribution in [0.2, 0.25) is 10.0 Å². The van der Waals surface area contributed by atoms with E-state index in [1.165, 1.54) is 28.0 Å². The first kappa shape index (κ1) is 26.0. The Morgan fingerprint density at radius 1 is 1.24 bits per heavy atom. The third-order valence-corrected chi connectivity index (χ3v) is 7.66. The van der Waals surface area contributed by atoms with E-state index in [0.29, 0.717) is 15.2 Å². The second-order valence-electron chi connectivity index (χ2n) is 7.89. The van der Waals surface area contributed by atoms with E-state index in [9.17, 15) is 4.79 Å². The van der Waals surface area contributed by atoms with Gasteiger partial charge in [0.05, 0.1) is 35.6 Å². The predicted molar refractivity (Wildman–Crippen MR) is 138 cm³/mol. The highest BCUT2D eigenvalue weighted by Crippen LogP contribution is 2.30. The number of anilines is 1. The standard InChI is InChI=1S/C22H28Cl2N6OS2/c1-5-7-10-30-20(18(6-2)29(3)4)27-28-22(30)33-13-19(31)26-21-25-17(12-32-21)14-8-9-15(23)16(24)11-14/h8-9,11-12,18H,5-7,10,13H2,1-4H3,(H,25,26,31)/p+1/t18-/m0/s1. The molecule has 1 aromatic carbocycles. The Balaban J connectivity index is 1.65. The topological polar surface area (TPSA) is 77.1 Å². The third kappa shape index (κ3) is 6.70. The first-order valence-electron chi connectivity index (χ1n) is 10.9. The highest BCUT2D eigenvalue weighted by Gasteiger charge is 2.25. The van der Waals surface area contributed by atoms with E-state index in [-0.39, 0.29) is 17.7 Å². The SMILES string of the molecule is CCCCn1c(SCC(=O)Nc2nc(-c3ccc(Cl)c(Cl)c3)cs2)nnc1[C@H](CC)[NH+](C)C. The molecule has 33 heavy (non-hydrogen) atoms. The molecular formula is C22H29Cl2N6OS2+. The minimum Gasteiger partial charge on any atom is -0.331 e. The summed E-state index contributed by atoms with van der Waals surface area (Å²) >= 11 is 14.9. The first-order chi connectivity index (χ1) is 15.8. The zero-order valence-electron chi connectivity index (χ0n) is 19.2. The molecule has 2 aromatic heterocycles. The number of nitrogens with zero attached hydrogens (tertiary/aromatic N) is 4. The molecule has 0 radical (unpaired) electrons. The molecule has 0 saturated carbocycles. The van der Waals surface area contributed by atoms with Crippen molar-refractivity contribution in [3.63, 3.8) is 0 Å². The van der Waals surface area contributed by atoms with Crippen molar-refractivity contribution in [1.82, 2.24) is 19.7 Å². The number of amides is 1. The molecule has 0 fully saturated rings. The molecule has 2 heterocycles. The first-order valence-corrected chi connectivity index (χ1v) is 13.5. The number of carbonyl (C=O) groups excluding carboxylic acids is 1. The molecule has 2 N–H and O–H groups in total. The largest absolute Gasteiger partial charge is 0.331 e. The number of hydrogen-bond acceptors (Lipinski definition) is 6. The van der Waals surface area contributed by atoms with Gasteiger partial charge < -0.3 is 14.8 Å². The highest BCUT2D eigenvalue weighted by atomic mass is 35.5. The van der Waals surface area contributed by atoms with Crippen LogP contribution in [0.5, 0.6) is 0 Å². The van der Waals surface area contributed by atoms with Gasteiger partial charge in [0.15, 0.2) is 16.1 Å². The Kier molecular flexibility index (Phi) is 9.57. The van der Waals surface area contributed by atoms with Gasteiger partial charge in [-0.3, -0.25) is 4.79 Å². The summed E-state index contributed by atoms with van der Waals surface area (Å²) in [5.41, 5.74) is 1.59. The number of thioether (sulfide) groups is 1. The average molecular weight is 529 g/mol. The minimum atomic E-state index is -0.132. The molecule has 0 saturated heterocycles. The van der Waals surface area contributed by atoms with Gasteiger partial charge in [0.25, 0.3) is 0 Å². The maximum atomic E-state index is 12.6. The van der Waals surface area contributed by atoms with Gasteiger partial charge in [0.2, 0.25) is 5.91 Å². The van der Waals surface area contributed by atoms with E-state index in [4.69, 9.17) is 23.2 Å². The minimum absolute atomic E-state index is 0.132. The molecule has 1 atom stereocenters. The van der Waals surface area contributed by atoms with Crippen LogP contribution < -0.4 is 10.2 Å². The summed E-state index contributed by atoms with van der Waals surface area (Å²) < 4.78 is 2.17. The quantitative estimate of drug-likeness (QED) is 0.349. The lowest BCUT2D eigenvalue weighted by molar-refractivity contribution is -0.893. The molecular weight excluding hydrogens is 499 g/mol. The molecule has 3 rings (SSSR count). The number of benzene rings is 1. The molecule has 7 nitrogen and oxygen atoms in total. The van der Waals surface area contributed by atoms with Crippen molar-refractivity contribution in [3.05, 3.63) is 39.4 Å². The molecule has 178 valence electrons. The van der Waals surface area contributed by atoms with Gasteiger partial charge in [-0.2, -0.15) is 0 Å². The summed E-state index contributed by atoms with van der Waals surface area (Å²) in [5, 5.41) is 15.9. The summed E-state index contributed by atoms with van der Waals surface area (Å²) in [5.74, 6) is 1.09. The number of carbonyl (C=O) groups is 1. The lowest BCUT2D eigenvalue weighted by atomic mass is 10.2. The van der Waals surface area contributed by atoms with Gasteiger partial charge in [0.1, 0.15) is 6.04 Å². The number of nitrogens with one attached hydrogen (secondary N) is 2. The molecule has 0 spiro atoms. The lowest BCUT2D eigenvalue weighted by Crippen LogP contribution is -3.06. The van der Waals surface area contributed by atoms with Gasteiger partial charge in [-0.25, -0.2) is 4.98 Å². The van der Waals surface area contributed by atoms with E-state index < -0.39 is 0 Å². The Labute approximate surface area is 212 Å². The normalized spacial score (nSPS) is 12.3. The number of aromatic nitrogens is 4. The van der Waals surface area contributed by atoms with Crippen molar-refractivity contribution >= 4 is 57.3 Å². The van der Waals surface area contributed by atoms with E-state index in [1.807, 2.05) is 11.4 Å². The van der Waals surface area contributed by atoms with Crippen LogP contribution in [0.25, 0.3) is 11.3 Å². The number of halogens is 2. The van der Waals surface area contributed by atoms with Crippen LogP contribution in [0.1, 0.15) is 45.0 Å². The van der Waals surface area contributed by atoms with Crippen molar-refractivity contribution in [2.75, 3.05) is 25.2 Å². The number of rotatable bonds is 11. The monoisotopic (exact) mass is 527 g/mol. The fourth-order valence-electron chi connectivity index (χ4n) is 3.44. The molecule has 3 aromatic rings. The van der Waals surface area contributed by atoms with E-state index in [0.717, 1.165) is 48.0 Å². The zero-order chi connectivity index (χ0) is 24.0. The Morgan fingerprint density at radius 3 is 2.70 bits per heavy atom. The Hall–Kier alpha value is -1.65.